The average molecular weight is 202 g/mol. The third-order valence-electron chi connectivity index (χ3n) is 4.37. The van der Waals surface area contributed by atoms with Crippen LogP contribution in [0.5, 0.6) is 0 Å². The van der Waals surface area contributed by atoms with Crippen molar-refractivity contribution in [1.29, 1.82) is 0 Å². The monoisotopic (exact) mass is 202 g/mol. The van der Waals surface area contributed by atoms with E-state index < -0.39 is 10.1 Å². The summed E-state index contributed by atoms with van der Waals surface area (Å²) >= 11 is 0. The van der Waals surface area contributed by atoms with Gasteiger partial charge in [-0.25, -0.2) is 0 Å². The zero-order chi connectivity index (χ0) is 9.43. The summed E-state index contributed by atoms with van der Waals surface area (Å²) in [6.07, 6.45) is 1.79. The van der Waals surface area contributed by atoms with Crippen molar-refractivity contribution in [2.45, 2.75) is 38.0 Å². The van der Waals surface area contributed by atoms with E-state index in [1.807, 2.05) is 0 Å². The molecule has 2 bridgehead atoms. The van der Waals surface area contributed by atoms with Gasteiger partial charge >= 0.3 is 0 Å². The fourth-order valence-electron chi connectivity index (χ4n) is 3.67. The van der Waals surface area contributed by atoms with Gasteiger partial charge in [-0.1, -0.05) is 13.8 Å². The maximum atomic E-state index is 11.5. The Morgan fingerprint density at radius 3 is 2.46 bits per heavy atom. The van der Waals surface area contributed by atoms with E-state index in [2.05, 4.69) is 13.8 Å². The van der Waals surface area contributed by atoms with Crippen LogP contribution in [0.25, 0.3) is 0 Å². The lowest BCUT2D eigenvalue weighted by atomic mass is 9.82. The molecule has 3 fully saturated rings. The number of fused-ring (bicyclic) bond motifs is 1. The van der Waals surface area contributed by atoms with E-state index >= 15 is 0 Å². The minimum Gasteiger partial charge on any atom is -0.266 e. The molecule has 1 heterocycles. The standard InChI is InChI=1S/C9H14O3S/c1-9(2)5-3-6-8(9)7(4-5)13(10,11)12-6/h5-8H,3-4H2,1-2H3/t5?,6-,7?,8?/m0/s1. The van der Waals surface area contributed by atoms with Gasteiger partial charge in [-0.15, -0.1) is 0 Å². The fraction of sp³-hybridized carbons (Fsp3) is 1.00. The minimum absolute atomic E-state index is 0.00347. The Bertz CT molecular complexity index is 357. The summed E-state index contributed by atoms with van der Waals surface area (Å²) in [6.45, 7) is 4.37. The molecule has 1 aliphatic heterocycles. The van der Waals surface area contributed by atoms with Crippen molar-refractivity contribution in [3.63, 3.8) is 0 Å². The molecule has 3 rings (SSSR count). The topological polar surface area (TPSA) is 43.4 Å². The number of hydrogen-bond donors (Lipinski definition) is 0. The highest BCUT2D eigenvalue weighted by Crippen LogP contribution is 2.63. The van der Waals surface area contributed by atoms with E-state index in [4.69, 9.17) is 4.18 Å². The molecule has 0 N–H and O–H groups in total. The zero-order valence-corrected chi connectivity index (χ0v) is 8.67. The third-order valence-corrected chi connectivity index (χ3v) is 6.12. The van der Waals surface area contributed by atoms with E-state index in [9.17, 15) is 8.42 Å². The summed E-state index contributed by atoms with van der Waals surface area (Å²) in [5.41, 5.74) is 0.179. The molecule has 0 aromatic carbocycles. The molecule has 0 amide bonds. The summed E-state index contributed by atoms with van der Waals surface area (Å²) in [7, 11) is -3.20. The first kappa shape index (κ1) is 8.24. The quantitative estimate of drug-likeness (QED) is 0.553. The SMILES string of the molecule is CC1(C)C2CC3C1[C@H](C2)OS3(=O)=O. The van der Waals surface area contributed by atoms with Crippen LogP contribution >= 0.6 is 0 Å². The molecule has 0 aromatic heterocycles. The molecular weight excluding hydrogens is 188 g/mol. The summed E-state index contributed by atoms with van der Waals surface area (Å²) in [5, 5.41) is -0.189. The molecule has 3 nitrogen and oxygen atoms in total. The molecule has 0 radical (unpaired) electrons. The molecule has 13 heavy (non-hydrogen) atoms. The summed E-state index contributed by atoms with van der Waals surface area (Å²) in [4.78, 5) is 0. The third kappa shape index (κ3) is 0.773. The van der Waals surface area contributed by atoms with Gasteiger partial charge in [0, 0.05) is 5.92 Å². The largest absolute Gasteiger partial charge is 0.270 e. The van der Waals surface area contributed by atoms with Crippen molar-refractivity contribution in [1.82, 2.24) is 0 Å². The van der Waals surface area contributed by atoms with Gasteiger partial charge in [-0.3, -0.25) is 4.18 Å². The maximum absolute atomic E-state index is 11.5. The van der Waals surface area contributed by atoms with Crippen LogP contribution in [-0.2, 0) is 14.3 Å². The van der Waals surface area contributed by atoms with Crippen LogP contribution in [0, 0.1) is 17.3 Å². The van der Waals surface area contributed by atoms with E-state index in [0.717, 1.165) is 12.8 Å². The van der Waals surface area contributed by atoms with Gasteiger partial charge in [0.2, 0.25) is 0 Å². The molecule has 0 aromatic rings. The van der Waals surface area contributed by atoms with Crippen molar-refractivity contribution in [3.8, 4) is 0 Å². The normalized spacial score (nSPS) is 54.3. The van der Waals surface area contributed by atoms with Crippen molar-refractivity contribution in [2.24, 2.45) is 17.3 Å². The van der Waals surface area contributed by atoms with Crippen LogP contribution in [0.1, 0.15) is 26.7 Å². The first-order valence-corrected chi connectivity index (χ1v) is 6.32. The highest BCUT2D eigenvalue weighted by Gasteiger charge is 2.67. The molecule has 0 spiro atoms. The molecule has 4 heteroatoms. The molecule has 3 aliphatic rings. The van der Waals surface area contributed by atoms with Gasteiger partial charge in [-0.05, 0) is 24.2 Å². The van der Waals surface area contributed by atoms with Crippen LogP contribution in [0.2, 0.25) is 0 Å². The van der Waals surface area contributed by atoms with Crippen LogP contribution < -0.4 is 0 Å². The predicted octanol–water partition coefficient (Wildman–Crippen LogP) is 1.15. The Morgan fingerprint density at radius 2 is 2.00 bits per heavy atom. The first-order chi connectivity index (χ1) is 5.93. The molecule has 74 valence electrons. The van der Waals surface area contributed by atoms with E-state index in [1.54, 1.807) is 0 Å². The Morgan fingerprint density at radius 1 is 1.31 bits per heavy atom. The number of rotatable bonds is 0. The van der Waals surface area contributed by atoms with Gasteiger partial charge in [0.05, 0.1) is 11.4 Å². The molecule has 2 saturated carbocycles. The van der Waals surface area contributed by atoms with E-state index in [0.29, 0.717) is 5.92 Å². The second kappa shape index (κ2) is 1.96. The minimum atomic E-state index is -3.20. The van der Waals surface area contributed by atoms with Crippen LogP contribution in [-0.4, -0.2) is 19.8 Å². The second-order valence-electron chi connectivity index (χ2n) is 5.18. The van der Waals surface area contributed by atoms with Crippen molar-refractivity contribution in [3.05, 3.63) is 0 Å². The molecule has 4 atom stereocenters. The van der Waals surface area contributed by atoms with Crippen LogP contribution in [0.4, 0.5) is 0 Å². The van der Waals surface area contributed by atoms with E-state index in [-0.39, 0.29) is 22.7 Å². The maximum Gasteiger partial charge on any atom is 0.270 e. The summed E-state index contributed by atoms with van der Waals surface area (Å²) in [5.74, 6) is 0.826. The summed E-state index contributed by atoms with van der Waals surface area (Å²) in [6, 6.07) is 0. The second-order valence-corrected chi connectivity index (χ2v) is 6.96. The highest BCUT2D eigenvalue weighted by molar-refractivity contribution is 7.87. The van der Waals surface area contributed by atoms with Crippen LogP contribution in [0.15, 0.2) is 0 Å². The van der Waals surface area contributed by atoms with Gasteiger partial charge in [0.25, 0.3) is 10.1 Å². The Labute approximate surface area is 78.6 Å². The Hall–Kier alpha value is -0.0900. The fourth-order valence-corrected chi connectivity index (χ4v) is 5.71. The molecular formula is C9H14O3S. The molecule has 3 unspecified atom stereocenters. The van der Waals surface area contributed by atoms with Gasteiger partial charge in [0.15, 0.2) is 0 Å². The highest BCUT2D eigenvalue weighted by atomic mass is 32.2. The van der Waals surface area contributed by atoms with E-state index in [1.165, 1.54) is 0 Å². The van der Waals surface area contributed by atoms with Gasteiger partial charge in [0.1, 0.15) is 0 Å². The van der Waals surface area contributed by atoms with Crippen LogP contribution in [0.3, 0.4) is 0 Å². The average Bonchev–Trinajstić information content (AvgIpc) is 2.41. The van der Waals surface area contributed by atoms with Crippen molar-refractivity contribution >= 4 is 10.1 Å². The lowest BCUT2D eigenvalue weighted by Gasteiger charge is -2.23. The lowest BCUT2D eigenvalue weighted by molar-refractivity contribution is 0.171. The lowest BCUT2D eigenvalue weighted by Crippen LogP contribution is -2.26. The Kier molecular flexibility index (Phi) is 1.24. The summed E-state index contributed by atoms with van der Waals surface area (Å²) < 4.78 is 28.2. The molecule has 1 saturated heterocycles. The zero-order valence-electron chi connectivity index (χ0n) is 7.86. The predicted molar refractivity (Wildman–Crippen MR) is 47.6 cm³/mol. The Balaban J connectivity index is 2.15. The number of hydrogen-bond acceptors (Lipinski definition) is 3. The van der Waals surface area contributed by atoms with Gasteiger partial charge in [-0.2, -0.15) is 8.42 Å². The van der Waals surface area contributed by atoms with Gasteiger partial charge < -0.3 is 0 Å². The van der Waals surface area contributed by atoms with Crippen molar-refractivity contribution in [2.75, 3.05) is 0 Å². The smallest absolute Gasteiger partial charge is 0.266 e. The first-order valence-electron chi connectivity index (χ1n) is 4.85. The van der Waals surface area contributed by atoms with Crippen molar-refractivity contribution < 1.29 is 12.6 Å². The molecule has 2 aliphatic carbocycles.